The van der Waals surface area contributed by atoms with Gasteiger partial charge in [0.05, 0.1) is 0 Å². The quantitative estimate of drug-likeness (QED) is 0.647. The Labute approximate surface area is 69.7 Å². The van der Waals surface area contributed by atoms with Crippen molar-refractivity contribution in [3.05, 3.63) is 23.6 Å². The molecule has 0 unspecified atom stereocenters. The molecule has 2 aromatic rings. The molecule has 0 spiro atoms. The van der Waals surface area contributed by atoms with Crippen LogP contribution in [0, 0.1) is 13.8 Å². The maximum atomic E-state index is 9.43. The van der Waals surface area contributed by atoms with Crippen LogP contribution in [0.5, 0.6) is 5.75 Å². The zero-order valence-electron chi connectivity index (χ0n) is 6.96. The van der Waals surface area contributed by atoms with Crippen LogP contribution in [-0.4, -0.2) is 10.1 Å². The van der Waals surface area contributed by atoms with Gasteiger partial charge in [0.15, 0.2) is 12.0 Å². The van der Waals surface area contributed by atoms with Gasteiger partial charge in [-0.25, -0.2) is 4.98 Å². The van der Waals surface area contributed by atoms with E-state index >= 15 is 0 Å². The smallest absolute Gasteiger partial charge is 0.182 e. The summed E-state index contributed by atoms with van der Waals surface area (Å²) < 4.78 is 5.14. The Morgan fingerprint density at radius 3 is 2.92 bits per heavy atom. The Hall–Kier alpha value is -1.51. The predicted octanol–water partition coefficient (Wildman–Crippen LogP) is 2.15. The van der Waals surface area contributed by atoms with Gasteiger partial charge in [0, 0.05) is 5.56 Å². The Morgan fingerprint density at radius 1 is 1.42 bits per heavy atom. The zero-order chi connectivity index (χ0) is 8.72. The van der Waals surface area contributed by atoms with E-state index in [2.05, 4.69) is 4.98 Å². The second-order valence-electron chi connectivity index (χ2n) is 2.87. The molecule has 0 amide bonds. The van der Waals surface area contributed by atoms with Crippen LogP contribution < -0.4 is 0 Å². The summed E-state index contributed by atoms with van der Waals surface area (Å²) in [5, 5.41) is 9.43. The number of rotatable bonds is 0. The van der Waals surface area contributed by atoms with Crippen LogP contribution in [0.1, 0.15) is 11.1 Å². The predicted molar refractivity (Wildman–Crippen MR) is 45.1 cm³/mol. The molecule has 0 aliphatic heterocycles. The number of oxazole rings is 1. The minimum Gasteiger partial charge on any atom is -0.508 e. The lowest BCUT2D eigenvalue weighted by molar-refractivity contribution is 0.469. The van der Waals surface area contributed by atoms with E-state index in [1.807, 2.05) is 13.8 Å². The topological polar surface area (TPSA) is 46.3 Å². The number of aromatic hydroxyl groups is 1. The normalized spacial score (nSPS) is 10.8. The Balaban J connectivity index is 2.97. The second kappa shape index (κ2) is 2.24. The highest BCUT2D eigenvalue weighted by Gasteiger charge is 2.08. The minimum absolute atomic E-state index is 0.261. The van der Waals surface area contributed by atoms with Crippen LogP contribution in [-0.2, 0) is 0 Å². The number of hydrogen-bond donors (Lipinski definition) is 1. The van der Waals surface area contributed by atoms with Gasteiger partial charge in [0.2, 0.25) is 0 Å². The van der Waals surface area contributed by atoms with Crippen molar-refractivity contribution in [2.75, 3.05) is 0 Å². The van der Waals surface area contributed by atoms with E-state index < -0.39 is 0 Å². The molecule has 1 N–H and O–H groups in total. The molecule has 1 aromatic heterocycles. The number of phenolic OH excluding ortho intramolecular Hbond substituents is 1. The number of aryl methyl sites for hydroxylation is 2. The van der Waals surface area contributed by atoms with Crippen LogP contribution >= 0.6 is 0 Å². The molecule has 0 aliphatic rings. The third-order valence-corrected chi connectivity index (χ3v) is 2.02. The molecule has 12 heavy (non-hydrogen) atoms. The first-order valence-corrected chi connectivity index (χ1v) is 3.72. The van der Waals surface area contributed by atoms with Crippen LogP contribution in [0.3, 0.4) is 0 Å². The highest BCUT2D eigenvalue weighted by Crippen LogP contribution is 2.28. The van der Waals surface area contributed by atoms with Crippen LogP contribution in [0.2, 0.25) is 0 Å². The molecule has 0 saturated heterocycles. The molecule has 0 fully saturated rings. The van der Waals surface area contributed by atoms with Crippen molar-refractivity contribution in [2.24, 2.45) is 0 Å². The zero-order valence-corrected chi connectivity index (χ0v) is 6.96. The maximum Gasteiger partial charge on any atom is 0.182 e. The van der Waals surface area contributed by atoms with Gasteiger partial charge in [-0.15, -0.1) is 0 Å². The van der Waals surface area contributed by atoms with Gasteiger partial charge in [-0.1, -0.05) is 0 Å². The molecule has 0 atom stereocenters. The number of aromatic nitrogens is 1. The van der Waals surface area contributed by atoms with Crippen molar-refractivity contribution in [3.63, 3.8) is 0 Å². The fraction of sp³-hybridized carbons (Fsp3) is 0.222. The number of hydrogen-bond acceptors (Lipinski definition) is 3. The van der Waals surface area contributed by atoms with Crippen molar-refractivity contribution in [2.45, 2.75) is 13.8 Å². The molecule has 3 nitrogen and oxygen atoms in total. The van der Waals surface area contributed by atoms with Gasteiger partial charge < -0.3 is 9.52 Å². The first kappa shape index (κ1) is 7.16. The highest BCUT2D eigenvalue weighted by molar-refractivity contribution is 5.81. The summed E-state index contributed by atoms with van der Waals surface area (Å²) in [4.78, 5) is 4.04. The fourth-order valence-electron chi connectivity index (χ4n) is 1.29. The first-order valence-electron chi connectivity index (χ1n) is 3.72. The van der Waals surface area contributed by atoms with E-state index in [0.29, 0.717) is 5.58 Å². The standard InChI is InChI=1S/C9H9NO2/c1-5-3-7(11)6(2)9-8(5)10-4-12-9/h3-4,11H,1-2H3. The van der Waals surface area contributed by atoms with Crippen molar-refractivity contribution >= 4 is 11.1 Å². The maximum absolute atomic E-state index is 9.43. The fourth-order valence-corrected chi connectivity index (χ4v) is 1.29. The van der Waals surface area contributed by atoms with E-state index in [0.717, 1.165) is 16.6 Å². The molecular formula is C9H9NO2. The largest absolute Gasteiger partial charge is 0.508 e. The Kier molecular flexibility index (Phi) is 1.33. The summed E-state index contributed by atoms with van der Waals surface area (Å²) in [6, 6.07) is 1.69. The summed E-state index contributed by atoms with van der Waals surface area (Å²) in [6.45, 7) is 3.70. The summed E-state index contributed by atoms with van der Waals surface area (Å²) in [5.74, 6) is 0.261. The van der Waals surface area contributed by atoms with E-state index in [1.54, 1.807) is 6.07 Å². The van der Waals surface area contributed by atoms with Gasteiger partial charge in [0.1, 0.15) is 11.3 Å². The lowest BCUT2D eigenvalue weighted by Crippen LogP contribution is -1.81. The molecule has 0 aliphatic carbocycles. The average Bonchev–Trinajstić information content (AvgIpc) is 2.48. The Morgan fingerprint density at radius 2 is 2.17 bits per heavy atom. The van der Waals surface area contributed by atoms with Crippen molar-refractivity contribution in [3.8, 4) is 5.75 Å². The van der Waals surface area contributed by atoms with E-state index in [-0.39, 0.29) is 5.75 Å². The SMILES string of the molecule is Cc1cc(O)c(C)c2ocnc12. The number of nitrogens with zero attached hydrogens (tertiary/aromatic N) is 1. The van der Waals surface area contributed by atoms with E-state index in [4.69, 9.17) is 4.42 Å². The van der Waals surface area contributed by atoms with Gasteiger partial charge in [-0.2, -0.15) is 0 Å². The lowest BCUT2D eigenvalue weighted by Gasteiger charge is -2.00. The second-order valence-corrected chi connectivity index (χ2v) is 2.87. The van der Waals surface area contributed by atoms with E-state index in [9.17, 15) is 5.11 Å². The molecule has 0 radical (unpaired) electrons. The van der Waals surface area contributed by atoms with Crippen molar-refractivity contribution in [1.82, 2.24) is 4.98 Å². The van der Waals surface area contributed by atoms with E-state index in [1.165, 1.54) is 6.39 Å². The number of phenols is 1. The van der Waals surface area contributed by atoms with Crippen LogP contribution in [0.15, 0.2) is 16.9 Å². The lowest BCUT2D eigenvalue weighted by atomic mass is 10.1. The van der Waals surface area contributed by atoms with Crippen LogP contribution in [0.25, 0.3) is 11.1 Å². The highest BCUT2D eigenvalue weighted by atomic mass is 16.3. The van der Waals surface area contributed by atoms with Crippen molar-refractivity contribution < 1.29 is 9.52 Å². The molecule has 62 valence electrons. The third kappa shape index (κ3) is 0.794. The monoisotopic (exact) mass is 163 g/mol. The minimum atomic E-state index is 0.261. The summed E-state index contributed by atoms with van der Waals surface area (Å²) in [6.07, 6.45) is 1.39. The average molecular weight is 163 g/mol. The molecule has 2 rings (SSSR count). The third-order valence-electron chi connectivity index (χ3n) is 2.02. The van der Waals surface area contributed by atoms with Crippen LogP contribution in [0.4, 0.5) is 0 Å². The van der Waals surface area contributed by atoms with Gasteiger partial charge in [0.25, 0.3) is 0 Å². The molecule has 3 heteroatoms. The molecule has 0 bridgehead atoms. The Bertz CT molecular complexity index is 431. The first-order chi connectivity index (χ1) is 5.70. The molecule has 1 aromatic carbocycles. The van der Waals surface area contributed by atoms with Gasteiger partial charge >= 0.3 is 0 Å². The van der Waals surface area contributed by atoms with Gasteiger partial charge in [-0.05, 0) is 25.5 Å². The molecule has 0 saturated carbocycles. The van der Waals surface area contributed by atoms with Gasteiger partial charge in [-0.3, -0.25) is 0 Å². The summed E-state index contributed by atoms with van der Waals surface area (Å²) in [5.41, 5.74) is 3.17. The number of fused-ring (bicyclic) bond motifs is 1. The molecule has 1 heterocycles. The number of benzene rings is 1. The summed E-state index contributed by atoms with van der Waals surface area (Å²) >= 11 is 0. The molecular weight excluding hydrogens is 154 g/mol. The summed E-state index contributed by atoms with van der Waals surface area (Å²) in [7, 11) is 0. The van der Waals surface area contributed by atoms with Crippen molar-refractivity contribution in [1.29, 1.82) is 0 Å².